The Bertz CT molecular complexity index is 963. The van der Waals surface area contributed by atoms with Crippen molar-refractivity contribution in [1.82, 2.24) is 9.88 Å². The van der Waals surface area contributed by atoms with E-state index in [0.29, 0.717) is 35.2 Å². The Morgan fingerprint density at radius 1 is 1.00 bits per heavy atom. The number of aromatic nitrogens is 1. The van der Waals surface area contributed by atoms with Crippen molar-refractivity contribution in [3.05, 3.63) is 88.7 Å². The topological polar surface area (TPSA) is 51.7 Å². The van der Waals surface area contributed by atoms with Gasteiger partial charge in [0.05, 0.1) is 29.4 Å². The molecule has 0 atom stereocenters. The first kappa shape index (κ1) is 17.4. The zero-order valence-electron chi connectivity index (χ0n) is 14.5. The Morgan fingerprint density at radius 2 is 1.85 bits per heavy atom. The van der Waals surface area contributed by atoms with Crippen LogP contribution in [0.15, 0.2) is 66.9 Å². The van der Waals surface area contributed by atoms with Gasteiger partial charge in [0.25, 0.3) is 5.91 Å². The van der Waals surface area contributed by atoms with Gasteiger partial charge < -0.3 is 14.4 Å². The molecule has 2 heterocycles. The number of hydrogen-bond acceptors (Lipinski definition) is 4. The molecule has 6 heteroatoms. The van der Waals surface area contributed by atoms with E-state index in [1.54, 1.807) is 35.4 Å². The van der Waals surface area contributed by atoms with Crippen molar-refractivity contribution in [2.24, 2.45) is 0 Å². The molecular formula is C21H17ClN2O3. The average Bonchev–Trinajstić information content (AvgIpc) is 3.18. The fourth-order valence-electron chi connectivity index (χ4n) is 3.01. The van der Waals surface area contributed by atoms with Gasteiger partial charge >= 0.3 is 0 Å². The number of carbonyl (C=O) groups is 1. The van der Waals surface area contributed by atoms with Gasteiger partial charge in [-0.15, -0.1) is 0 Å². The highest BCUT2D eigenvalue weighted by Crippen LogP contribution is 2.36. The zero-order valence-corrected chi connectivity index (χ0v) is 15.2. The van der Waals surface area contributed by atoms with Crippen molar-refractivity contribution < 1.29 is 14.3 Å². The zero-order chi connectivity index (χ0) is 18.6. The van der Waals surface area contributed by atoms with Crippen molar-refractivity contribution in [1.29, 1.82) is 0 Å². The van der Waals surface area contributed by atoms with Gasteiger partial charge in [0.2, 0.25) is 6.79 Å². The molecule has 0 saturated heterocycles. The number of halogens is 1. The number of nitrogens with zero attached hydrogens (tertiary/aromatic N) is 2. The number of carbonyl (C=O) groups excluding carboxylic acids is 1. The lowest BCUT2D eigenvalue weighted by Crippen LogP contribution is -2.30. The molecule has 4 rings (SSSR count). The molecule has 136 valence electrons. The molecule has 1 aromatic heterocycles. The standard InChI is InChI=1S/C21H17ClN2O3/c22-18-9-2-1-8-17(18)21(25)24(13-16-7-3-4-11-23-16)12-15-6-5-10-19-20(15)27-14-26-19/h1-11H,12-14H2. The largest absolute Gasteiger partial charge is 0.454 e. The second-order valence-electron chi connectivity index (χ2n) is 6.11. The molecule has 0 spiro atoms. The second kappa shape index (κ2) is 7.68. The van der Waals surface area contributed by atoms with Crippen LogP contribution in [0.25, 0.3) is 0 Å². The van der Waals surface area contributed by atoms with Gasteiger partial charge in [-0.3, -0.25) is 9.78 Å². The quantitative estimate of drug-likeness (QED) is 0.662. The van der Waals surface area contributed by atoms with Crippen LogP contribution in [0.1, 0.15) is 21.6 Å². The van der Waals surface area contributed by atoms with Crippen molar-refractivity contribution in [2.75, 3.05) is 6.79 Å². The van der Waals surface area contributed by atoms with Gasteiger partial charge in [0.15, 0.2) is 11.5 Å². The van der Waals surface area contributed by atoms with Crippen LogP contribution in [0.4, 0.5) is 0 Å². The molecule has 0 aliphatic carbocycles. The van der Waals surface area contributed by atoms with E-state index >= 15 is 0 Å². The molecule has 0 bridgehead atoms. The minimum atomic E-state index is -0.164. The fourth-order valence-corrected chi connectivity index (χ4v) is 3.23. The molecule has 0 radical (unpaired) electrons. The molecule has 1 amide bonds. The number of hydrogen-bond donors (Lipinski definition) is 0. The first-order valence-electron chi connectivity index (χ1n) is 8.53. The number of amides is 1. The summed E-state index contributed by atoms with van der Waals surface area (Å²) >= 11 is 6.26. The van der Waals surface area contributed by atoms with Crippen LogP contribution >= 0.6 is 11.6 Å². The maximum atomic E-state index is 13.2. The monoisotopic (exact) mass is 380 g/mol. The highest BCUT2D eigenvalue weighted by atomic mass is 35.5. The number of fused-ring (bicyclic) bond motifs is 1. The third-order valence-electron chi connectivity index (χ3n) is 4.31. The molecule has 3 aromatic rings. The second-order valence-corrected chi connectivity index (χ2v) is 6.52. The normalized spacial score (nSPS) is 12.0. The van der Waals surface area contributed by atoms with E-state index in [0.717, 1.165) is 11.3 Å². The van der Waals surface area contributed by atoms with E-state index < -0.39 is 0 Å². The summed E-state index contributed by atoms with van der Waals surface area (Å²) in [7, 11) is 0. The minimum absolute atomic E-state index is 0.164. The Balaban J connectivity index is 1.67. The van der Waals surface area contributed by atoms with Crippen LogP contribution in [-0.2, 0) is 13.1 Å². The van der Waals surface area contributed by atoms with E-state index in [-0.39, 0.29) is 12.7 Å². The lowest BCUT2D eigenvalue weighted by molar-refractivity contribution is 0.0726. The third kappa shape index (κ3) is 3.73. The summed E-state index contributed by atoms with van der Waals surface area (Å²) in [6, 6.07) is 18.4. The van der Waals surface area contributed by atoms with Crippen molar-refractivity contribution >= 4 is 17.5 Å². The molecule has 1 aliphatic rings. The average molecular weight is 381 g/mol. The van der Waals surface area contributed by atoms with Gasteiger partial charge in [0, 0.05) is 11.8 Å². The van der Waals surface area contributed by atoms with E-state index in [1.165, 1.54) is 0 Å². The summed E-state index contributed by atoms with van der Waals surface area (Å²) in [5.74, 6) is 1.20. The molecule has 2 aromatic carbocycles. The SMILES string of the molecule is O=C(c1ccccc1Cl)N(Cc1ccccn1)Cc1cccc2c1OCO2. The summed E-state index contributed by atoms with van der Waals surface area (Å²) in [5.41, 5.74) is 2.13. The van der Waals surface area contributed by atoms with E-state index in [2.05, 4.69) is 4.98 Å². The maximum Gasteiger partial charge on any atom is 0.256 e. The molecule has 0 saturated carbocycles. The predicted molar refractivity (Wildman–Crippen MR) is 102 cm³/mol. The van der Waals surface area contributed by atoms with Crippen molar-refractivity contribution in [2.45, 2.75) is 13.1 Å². The molecule has 0 unspecified atom stereocenters. The van der Waals surface area contributed by atoms with Crippen LogP contribution in [0, 0.1) is 0 Å². The first-order chi connectivity index (χ1) is 13.2. The Hall–Kier alpha value is -3.05. The smallest absolute Gasteiger partial charge is 0.256 e. The highest BCUT2D eigenvalue weighted by Gasteiger charge is 2.23. The van der Waals surface area contributed by atoms with Gasteiger partial charge in [-0.1, -0.05) is 41.9 Å². The van der Waals surface area contributed by atoms with Crippen LogP contribution in [0.3, 0.4) is 0 Å². The van der Waals surface area contributed by atoms with Gasteiger partial charge in [-0.2, -0.15) is 0 Å². The third-order valence-corrected chi connectivity index (χ3v) is 4.64. The summed E-state index contributed by atoms with van der Waals surface area (Å²) in [4.78, 5) is 19.3. The molecular weight excluding hydrogens is 364 g/mol. The number of pyridine rings is 1. The molecule has 27 heavy (non-hydrogen) atoms. The fraction of sp³-hybridized carbons (Fsp3) is 0.143. The van der Waals surface area contributed by atoms with Gasteiger partial charge in [-0.25, -0.2) is 0 Å². The molecule has 0 fully saturated rings. The predicted octanol–water partition coefficient (Wildman–Crippen LogP) is 4.31. The number of para-hydroxylation sites is 1. The van der Waals surface area contributed by atoms with E-state index in [1.807, 2.05) is 36.4 Å². The Morgan fingerprint density at radius 3 is 2.67 bits per heavy atom. The lowest BCUT2D eigenvalue weighted by Gasteiger charge is -2.23. The number of benzene rings is 2. The number of rotatable bonds is 5. The maximum absolute atomic E-state index is 13.2. The van der Waals surface area contributed by atoms with Gasteiger partial charge in [0.1, 0.15) is 0 Å². The molecule has 0 N–H and O–H groups in total. The lowest BCUT2D eigenvalue weighted by atomic mass is 10.1. The summed E-state index contributed by atoms with van der Waals surface area (Å²) in [5, 5.41) is 0.423. The Kier molecular flexibility index (Phi) is 4.94. The summed E-state index contributed by atoms with van der Waals surface area (Å²) < 4.78 is 11.0. The van der Waals surface area contributed by atoms with Crippen LogP contribution in [0.5, 0.6) is 11.5 Å². The van der Waals surface area contributed by atoms with E-state index in [4.69, 9.17) is 21.1 Å². The molecule has 1 aliphatic heterocycles. The molecule has 5 nitrogen and oxygen atoms in total. The van der Waals surface area contributed by atoms with Crippen molar-refractivity contribution in [3.63, 3.8) is 0 Å². The Labute approximate surface area is 162 Å². The van der Waals surface area contributed by atoms with Crippen LogP contribution in [-0.4, -0.2) is 22.6 Å². The first-order valence-corrected chi connectivity index (χ1v) is 8.91. The summed E-state index contributed by atoms with van der Waals surface area (Å²) in [6.45, 7) is 0.896. The van der Waals surface area contributed by atoms with Crippen LogP contribution in [0.2, 0.25) is 5.02 Å². The minimum Gasteiger partial charge on any atom is -0.454 e. The van der Waals surface area contributed by atoms with Crippen molar-refractivity contribution in [3.8, 4) is 11.5 Å². The summed E-state index contributed by atoms with van der Waals surface area (Å²) in [6.07, 6.45) is 1.71. The number of ether oxygens (including phenoxy) is 2. The van der Waals surface area contributed by atoms with Gasteiger partial charge in [-0.05, 0) is 30.3 Å². The van der Waals surface area contributed by atoms with Crippen LogP contribution < -0.4 is 9.47 Å². The van der Waals surface area contributed by atoms with E-state index in [9.17, 15) is 4.79 Å². The highest BCUT2D eigenvalue weighted by molar-refractivity contribution is 6.33.